The molecule has 0 radical (unpaired) electrons. The van der Waals surface area contributed by atoms with Gasteiger partial charge in [0.15, 0.2) is 5.82 Å². The van der Waals surface area contributed by atoms with Crippen LogP contribution in [0.2, 0.25) is 0 Å². The monoisotopic (exact) mass is 256 g/mol. The zero-order valence-electron chi connectivity index (χ0n) is 9.49. The predicted molar refractivity (Wildman–Crippen MR) is 62.0 cm³/mol. The van der Waals surface area contributed by atoms with Crippen molar-refractivity contribution in [3.8, 4) is 11.3 Å². The van der Waals surface area contributed by atoms with Gasteiger partial charge in [0.1, 0.15) is 11.5 Å². The van der Waals surface area contributed by atoms with Crippen molar-refractivity contribution in [3.05, 3.63) is 35.7 Å². The summed E-state index contributed by atoms with van der Waals surface area (Å²) in [5.41, 5.74) is 5.48. The lowest BCUT2D eigenvalue weighted by molar-refractivity contribution is -0.137. The Morgan fingerprint density at radius 1 is 1.28 bits per heavy atom. The molecule has 2 aromatic rings. The van der Waals surface area contributed by atoms with Crippen LogP contribution >= 0.6 is 0 Å². The van der Waals surface area contributed by atoms with Crippen LogP contribution in [0.4, 0.5) is 19.0 Å². The van der Waals surface area contributed by atoms with Crippen molar-refractivity contribution in [2.75, 3.05) is 11.6 Å². The molecule has 0 bridgehead atoms. The number of benzene rings is 1. The third-order valence-electron chi connectivity index (χ3n) is 2.59. The second kappa shape index (κ2) is 3.94. The molecule has 18 heavy (non-hydrogen) atoms. The van der Waals surface area contributed by atoms with E-state index in [1.54, 1.807) is 6.92 Å². The lowest BCUT2D eigenvalue weighted by Gasteiger charge is -2.08. The van der Waals surface area contributed by atoms with Crippen LogP contribution in [0.3, 0.4) is 0 Å². The van der Waals surface area contributed by atoms with Crippen LogP contribution < -0.4 is 11.6 Å². The van der Waals surface area contributed by atoms with Crippen molar-refractivity contribution in [2.24, 2.45) is 0 Å². The second-order valence-electron chi connectivity index (χ2n) is 3.84. The first kappa shape index (κ1) is 12.3. The molecule has 1 aromatic heterocycles. The molecule has 0 saturated heterocycles. The molecule has 0 atom stereocenters. The third kappa shape index (κ3) is 1.99. The standard InChI is InChI=1S/C11H11F3N4/c1-6-17-9(10(15)18(6)16)7-3-2-4-8(5-7)11(12,13)14/h2-5H,15-16H2,1H3. The van der Waals surface area contributed by atoms with Crippen molar-refractivity contribution in [1.82, 2.24) is 9.66 Å². The van der Waals surface area contributed by atoms with Crippen molar-refractivity contribution in [3.63, 3.8) is 0 Å². The topological polar surface area (TPSA) is 69.9 Å². The number of imidazole rings is 1. The van der Waals surface area contributed by atoms with E-state index in [1.165, 1.54) is 12.1 Å². The van der Waals surface area contributed by atoms with E-state index in [2.05, 4.69) is 4.98 Å². The average Bonchev–Trinajstić information content (AvgIpc) is 2.56. The number of rotatable bonds is 1. The summed E-state index contributed by atoms with van der Waals surface area (Å²) >= 11 is 0. The Hall–Kier alpha value is -2.18. The van der Waals surface area contributed by atoms with Gasteiger partial charge >= 0.3 is 6.18 Å². The molecule has 0 aliphatic heterocycles. The van der Waals surface area contributed by atoms with Crippen molar-refractivity contribution >= 4 is 5.82 Å². The van der Waals surface area contributed by atoms with E-state index in [0.717, 1.165) is 16.8 Å². The molecule has 96 valence electrons. The Morgan fingerprint density at radius 2 is 1.94 bits per heavy atom. The normalized spacial score (nSPS) is 11.8. The molecule has 0 spiro atoms. The molecule has 0 aliphatic rings. The summed E-state index contributed by atoms with van der Waals surface area (Å²) in [5.74, 6) is 6.13. The van der Waals surface area contributed by atoms with Gasteiger partial charge in [-0.3, -0.25) is 0 Å². The number of aromatic nitrogens is 2. The Balaban J connectivity index is 2.55. The van der Waals surface area contributed by atoms with Crippen LogP contribution in [0, 0.1) is 6.92 Å². The first-order valence-corrected chi connectivity index (χ1v) is 5.08. The maximum absolute atomic E-state index is 12.6. The third-order valence-corrected chi connectivity index (χ3v) is 2.59. The van der Waals surface area contributed by atoms with E-state index in [4.69, 9.17) is 11.6 Å². The maximum atomic E-state index is 12.6. The minimum atomic E-state index is -4.40. The minimum absolute atomic E-state index is 0.131. The summed E-state index contributed by atoms with van der Waals surface area (Å²) in [6, 6.07) is 4.81. The predicted octanol–water partition coefficient (Wildman–Crippen LogP) is 2.17. The number of alkyl halides is 3. The van der Waals surface area contributed by atoms with E-state index in [0.29, 0.717) is 5.82 Å². The van der Waals surface area contributed by atoms with E-state index in [1.807, 2.05) is 0 Å². The molecular formula is C11H11F3N4. The first-order valence-electron chi connectivity index (χ1n) is 5.08. The molecule has 7 heteroatoms. The highest BCUT2D eigenvalue weighted by Gasteiger charge is 2.30. The largest absolute Gasteiger partial charge is 0.416 e. The Kier molecular flexibility index (Phi) is 2.68. The number of nitrogens with zero attached hydrogens (tertiary/aromatic N) is 2. The molecule has 1 heterocycles. The van der Waals surface area contributed by atoms with E-state index in [9.17, 15) is 13.2 Å². The maximum Gasteiger partial charge on any atom is 0.416 e. The molecule has 4 nitrogen and oxygen atoms in total. The number of hydrogen-bond donors (Lipinski definition) is 2. The minimum Gasteiger partial charge on any atom is -0.382 e. The number of anilines is 1. The Bertz CT molecular complexity index is 586. The molecule has 2 rings (SSSR count). The fourth-order valence-corrected chi connectivity index (χ4v) is 1.62. The van der Waals surface area contributed by atoms with Gasteiger partial charge in [0.25, 0.3) is 0 Å². The van der Waals surface area contributed by atoms with Gasteiger partial charge in [-0.15, -0.1) is 0 Å². The van der Waals surface area contributed by atoms with Crippen LogP contribution in [-0.4, -0.2) is 9.66 Å². The highest BCUT2D eigenvalue weighted by atomic mass is 19.4. The van der Waals surface area contributed by atoms with Gasteiger partial charge in [0.2, 0.25) is 0 Å². The summed E-state index contributed by atoms with van der Waals surface area (Å²) in [7, 11) is 0. The Morgan fingerprint density at radius 3 is 2.44 bits per heavy atom. The van der Waals surface area contributed by atoms with Gasteiger partial charge in [0, 0.05) is 5.56 Å². The number of halogens is 3. The van der Waals surface area contributed by atoms with Crippen LogP contribution in [0.5, 0.6) is 0 Å². The molecule has 0 fully saturated rings. The molecule has 0 aliphatic carbocycles. The molecule has 0 unspecified atom stereocenters. The quantitative estimate of drug-likeness (QED) is 0.768. The highest BCUT2D eigenvalue weighted by molar-refractivity contribution is 5.71. The van der Waals surface area contributed by atoms with Crippen LogP contribution in [-0.2, 0) is 6.18 Å². The fraction of sp³-hybridized carbons (Fsp3) is 0.182. The van der Waals surface area contributed by atoms with Crippen LogP contribution in [0.15, 0.2) is 24.3 Å². The van der Waals surface area contributed by atoms with Crippen LogP contribution in [0.1, 0.15) is 11.4 Å². The molecule has 0 amide bonds. The number of nitrogens with two attached hydrogens (primary N) is 2. The lowest BCUT2D eigenvalue weighted by atomic mass is 10.1. The first-order chi connectivity index (χ1) is 8.30. The highest BCUT2D eigenvalue weighted by Crippen LogP contribution is 2.33. The van der Waals surface area contributed by atoms with E-state index < -0.39 is 11.7 Å². The average molecular weight is 256 g/mol. The summed E-state index contributed by atoms with van der Waals surface area (Å²) in [5, 5.41) is 0. The van der Waals surface area contributed by atoms with Gasteiger partial charge < -0.3 is 11.6 Å². The van der Waals surface area contributed by atoms with Gasteiger partial charge in [-0.2, -0.15) is 13.2 Å². The van der Waals surface area contributed by atoms with Crippen LogP contribution in [0.25, 0.3) is 11.3 Å². The SMILES string of the molecule is Cc1nc(-c2cccc(C(F)(F)F)c2)c(N)n1N. The number of hydrogen-bond acceptors (Lipinski definition) is 3. The van der Waals surface area contributed by atoms with Crippen molar-refractivity contribution in [2.45, 2.75) is 13.1 Å². The fourth-order valence-electron chi connectivity index (χ4n) is 1.62. The summed E-state index contributed by atoms with van der Waals surface area (Å²) < 4.78 is 38.9. The van der Waals surface area contributed by atoms with Gasteiger partial charge in [-0.05, 0) is 19.1 Å². The summed E-state index contributed by atoms with van der Waals surface area (Å²) in [6.07, 6.45) is -4.40. The molecular weight excluding hydrogens is 245 g/mol. The van der Waals surface area contributed by atoms with Crippen molar-refractivity contribution < 1.29 is 13.2 Å². The van der Waals surface area contributed by atoms with Crippen molar-refractivity contribution in [1.29, 1.82) is 0 Å². The second-order valence-corrected chi connectivity index (χ2v) is 3.84. The van der Waals surface area contributed by atoms with Gasteiger partial charge in [-0.25, -0.2) is 9.66 Å². The molecule has 4 N–H and O–H groups in total. The Labute approximate surface area is 101 Å². The molecule has 0 saturated carbocycles. The zero-order valence-corrected chi connectivity index (χ0v) is 9.49. The summed E-state index contributed by atoms with van der Waals surface area (Å²) in [6.45, 7) is 1.62. The zero-order chi connectivity index (χ0) is 13.5. The van der Waals surface area contributed by atoms with E-state index in [-0.39, 0.29) is 17.1 Å². The lowest BCUT2D eigenvalue weighted by Crippen LogP contribution is -2.13. The number of nitrogen functional groups attached to an aromatic ring is 2. The molecule has 1 aromatic carbocycles. The van der Waals surface area contributed by atoms with Gasteiger partial charge in [-0.1, -0.05) is 12.1 Å². The van der Waals surface area contributed by atoms with E-state index >= 15 is 0 Å². The number of aryl methyl sites for hydroxylation is 1. The van der Waals surface area contributed by atoms with Gasteiger partial charge in [0.05, 0.1) is 5.56 Å². The summed E-state index contributed by atoms with van der Waals surface area (Å²) in [4.78, 5) is 4.05. The smallest absolute Gasteiger partial charge is 0.382 e.